The number of carbonyl (C=O) groups excluding carboxylic acids is 2. The summed E-state index contributed by atoms with van der Waals surface area (Å²) in [6, 6.07) is 17.3. The summed E-state index contributed by atoms with van der Waals surface area (Å²) in [4.78, 5) is 24.3. The summed E-state index contributed by atoms with van der Waals surface area (Å²) in [5, 5.41) is 12.0. The van der Waals surface area contributed by atoms with Crippen LogP contribution < -0.4 is 5.32 Å². The van der Waals surface area contributed by atoms with Gasteiger partial charge in [-0.25, -0.2) is 0 Å². The van der Waals surface area contributed by atoms with Crippen molar-refractivity contribution in [1.29, 1.82) is 0 Å². The van der Waals surface area contributed by atoms with Crippen molar-refractivity contribution in [1.82, 2.24) is 10.2 Å². The number of nitrogens with zero attached hydrogens (tertiary/aromatic N) is 1. The van der Waals surface area contributed by atoms with E-state index in [2.05, 4.69) is 33.0 Å². The number of benzene rings is 2. The number of ether oxygens (including phenoxy) is 1. The SMILES string of the molecule is CC(=O)NCCO.CC(CSC(C)(C)C)N1C(=O)COCC1c1ccc(Cl)cc1.Clc1ccccc1. The normalized spacial score (nSPS) is 16.2. The molecule has 1 aliphatic heterocycles. The lowest BCUT2D eigenvalue weighted by Gasteiger charge is -2.40. The molecule has 2 amide bonds. The zero-order valence-corrected chi connectivity index (χ0v) is 24.0. The van der Waals surface area contributed by atoms with Crippen LogP contribution in [0.5, 0.6) is 0 Å². The van der Waals surface area contributed by atoms with Gasteiger partial charge in [0.05, 0.1) is 19.3 Å². The number of rotatable bonds is 6. The number of morpholine rings is 1. The maximum Gasteiger partial charge on any atom is 0.249 e. The zero-order valence-electron chi connectivity index (χ0n) is 21.7. The molecule has 36 heavy (non-hydrogen) atoms. The van der Waals surface area contributed by atoms with Gasteiger partial charge < -0.3 is 20.1 Å². The number of hydrogen-bond acceptors (Lipinski definition) is 5. The quantitative estimate of drug-likeness (QED) is 0.483. The number of carbonyl (C=O) groups is 2. The number of aliphatic hydroxyl groups is 1. The number of halogens is 2. The molecule has 0 saturated carbocycles. The molecule has 1 fully saturated rings. The van der Waals surface area contributed by atoms with E-state index in [0.29, 0.717) is 18.2 Å². The first-order chi connectivity index (χ1) is 16.9. The summed E-state index contributed by atoms with van der Waals surface area (Å²) in [5.41, 5.74) is 1.07. The van der Waals surface area contributed by atoms with Crippen LogP contribution in [0.15, 0.2) is 54.6 Å². The Morgan fingerprint density at radius 3 is 2.17 bits per heavy atom. The molecule has 2 aromatic carbocycles. The highest BCUT2D eigenvalue weighted by Gasteiger charge is 2.33. The Hall–Kier alpha value is -1.77. The van der Waals surface area contributed by atoms with Crippen LogP contribution in [0.2, 0.25) is 10.0 Å². The van der Waals surface area contributed by atoms with Crippen molar-refractivity contribution in [2.45, 2.75) is 51.4 Å². The summed E-state index contributed by atoms with van der Waals surface area (Å²) in [5.74, 6) is 0.876. The first-order valence-electron chi connectivity index (χ1n) is 11.8. The van der Waals surface area contributed by atoms with E-state index >= 15 is 0 Å². The van der Waals surface area contributed by atoms with E-state index in [1.807, 2.05) is 71.3 Å². The van der Waals surface area contributed by atoms with Crippen molar-refractivity contribution in [2.75, 3.05) is 32.1 Å². The highest BCUT2D eigenvalue weighted by molar-refractivity contribution is 8.00. The van der Waals surface area contributed by atoms with Crippen molar-refractivity contribution < 1.29 is 19.4 Å². The monoisotopic (exact) mass is 556 g/mol. The minimum absolute atomic E-state index is 0.0135. The van der Waals surface area contributed by atoms with Gasteiger partial charge in [0.1, 0.15) is 6.61 Å². The maximum atomic E-state index is 12.4. The number of amides is 2. The summed E-state index contributed by atoms with van der Waals surface area (Å²) < 4.78 is 5.67. The fraction of sp³-hybridized carbons (Fsp3) is 0.481. The highest BCUT2D eigenvalue weighted by Crippen LogP contribution is 2.31. The Morgan fingerprint density at radius 1 is 1.14 bits per heavy atom. The van der Waals surface area contributed by atoms with Crippen molar-refractivity contribution >= 4 is 46.8 Å². The maximum absolute atomic E-state index is 12.4. The fourth-order valence-corrected chi connectivity index (χ4v) is 4.35. The van der Waals surface area contributed by atoms with E-state index < -0.39 is 0 Å². The summed E-state index contributed by atoms with van der Waals surface area (Å²) in [7, 11) is 0. The average Bonchev–Trinajstić information content (AvgIpc) is 2.82. The number of nitrogens with one attached hydrogen (secondary N) is 1. The number of hydrogen-bond donors (Lipinski definition) is 2. The van der Waals surface area contributed by atoms with E-state index in [-0.39, 0.29) is 41.9 Å². The van der Waals surface area contributed by atoms with Crippen LogP contribution in [-0.2, 0) is 14.3 Å². The van der Waals surface area contributed by atoms with E-state index in [4.69, 9.17) is 33.0 Å². The Bertz CT molecular complexity index is 908. The van der Waals surface area contributed by atoms with Gasteiger partial charge in [0.2, 0.25) is 11.8 Å². The lowest BCUT2D eigenvalue weighted by atomic mass is 10.0. The van der Waals surface area contributed by atoms with E-state index in [1.54, 1.807) is 0 Å². The molecule has 1 heterocycles. The Balaban J connectivity index is 0.000000376. The molecule has 1 aliphatic rings. The van der Waals surface area contributed by atoms with Gasteiger partial charge in [0, 0.05) is 40.1 Å². The van der Waals surface area contributed by atoms with Crippen LogP contribution in [0.1, 0.15) is 46.2 Å². The Morgan fingerprint density at radius 2 is 1.72 bits per heavy atom. The van der Waals surface area contributed by atoms with Crippen LogP contribution in [0.25, 0.3) is 0 Å². The van der Waals surface area contributed by atoms with Crippen LogP contribution in [0, 0.1) is 0 Å². The molecule has 1 saturated heterocycles. The van der Waals surface area contributed by atoms with Gasteiger partial charge in [-0.1, -0.05) is 74.3 Å². The standard InChI is InChI=1S/C17H24ClNO2S.C6H5Cl.C4H9NO2/c1-12(11-22-17(2,3)4)19-15(9-21-10-16(19)20)13-5-7-14(18)8-6-13;7-6-4-2-1-3-5-6;1-4(7)5-2-3-6/h5-8,12,15H,9-11H2,1-4H3;1-5H;6H,2-3H2,1H3,(H,5,7). The average molecular weight is 558 g/mol. The van der Waals surface area contributed by atoms with E-state index in [1.165, 1.54) is 6.92 Å². The summed E-state index contributed by atoms with van der Waals surface area (Å²) in [6.45, 7) is 11.2. The molecule has 0 aliphatic carbocycles. The predicted molar refractivity (Wildman–Crippen MR) is 151 cm³/mol. The smallest absolute Gasteiger partial charge is 0.249 e. The number of thioether (sulfide) groups is 1. The minimum Gasteiger partial charge on any atom is -0.395 e. The van der Waals surface area contributed by atoms with Crippen LogP contribution >= 0.6 is 35.0 Å². The van der Waals surface area contributed by atoms with Crippen LogP contribution in [0.4, 0.5) is 0 Å². The first-order valence-corrected chi connectivity index (χ1v) is 13.5. The van der Waals surface area contributed by atoms with Crippen molar-refractivity contribution in [3.05, 3.63) is 70.2 Å². The second-order valence-electron chi connectivity index (χ2n) is 9.16. The lowest BCUT2D eigenvalue weighted by Crippen LogP contribution is -2.49. The number of aliphatic hydroxyl groups excluding tert-OH is 1. The van der Waals surface area contributed by atoms with E-state index in [9.17, 15) is 9.59 Å². The van der Waals surface area contributed by atoms with Gasteiger partial charge >= 0.3 is 0 Å². The summed E-state index contributed by atoms with van der Waals surface area (Å²) in [6.07, 6.45) is 0. The minimum atomic E-state index is -0.103. The van der Waals surface area contributed by atoms with Crippen molar-refractivity contribution in [2.24, 2.45) is 0 Å². The summed E-state index contributed by atoms with van der Waals surface area (Å²) >= 11 is 13.4. The topological polar surface area (TPSA) is 78.9 Å². The molecule has 0 radical (unpaired) electrons. The molecule has 2 atom stereocenters. The van der Waals surface area contributed by atoms with Crippen molar-refractivity contribution in [3.63, 3.8) is 0 Å². The molecule has 0 spiro atoms. The largest absolute Gasteiger partial charge is 0.395 e. The van der Waals surface area contributed by atoms with Gasteiger partial charge in [-0.2, -0.15) is 11.8 Å². The lowest BCUT2D eigenvalue weighted by molar-refractivity contribution is -0.151. The first kappa shape index (κ1) is 32.3. The molecular formula is C27H38Cl2N2O4S. The van der Waals surface area contributed by atoms with Crippen molar-refractivity contribution in [3.8, 4) is 0 Å². The van der Waals surface area contributed by atoms with E-state index in [0.717, 1.165) is 16.3 Å². The molecule has 0 bridgehead atoms. The third-order valence-electron chi connectivity index (χ3n) is 4.83. The molecule has 2 N–H and O–H groups in total. The van der Waals surface area contributed by atoms with Gasteiger partial charge in [-0.3, -0.25) is 9.59 Å². The second-order valence-corrected chi connectivity index (χ2v) is 11.9. The predicted octanol–water partition coefficient (Wildman–Crippen LogP) is 5.61. The molecule has 0 aromatic heterocycles. The van der Waals surface area contributed by atoms with Crippen LogP contribution in [0.3, 0.4) is 0 Å². The van der Waals surface area contributed by atoms with Crippen LogP contribution in [-0.4, -0.2) is 64.7 Å². The molecule has 2 aromatic rings. The molecule has 2 unspecified atom stereocenters. The third-order valence-corrected chi connectivity index (χ3v) is 6.85. The van der Waals surface area contributed by atoms with Gasteiger partial charge in [-0.15, -0.1) is 0 Å². The Kier molecular flexibility index (Phi) is 15.1. The fourth-order valence-electron chi connectivity index (χ4n) is 3.18. The molecule has 6 nitrogen and oxygen atoms in total. The molecule has 9 heteroatoms. The third kappa shape index (κ3) is 13.5. The van der Waals surface area contributed by atoms with Gasteiger partial charge in [-0.05, 0) is 36.8 Å². The Labute approximate surface area is 229 Å². The molecular weight excluding hydrogens is 519 g/mol. The second kappa shape index (κ2) is 16.9. The van der Waals surface area contributed by atoms with Gasteiger partial charge in [0.15, 0.2) is 0 Å². The molecule has 3 rings (SSSR count). The highest BCUT2D eigenvalue weighted by atomic mass is 35.5. The molecule has 200 valence electrons. The van der Waals surface area contributed by atoms with Gasteiger partial charge in [0.25, 0.3) is 0 Å². The zero-order chi connectivity index (χ0) is 27.1.